The molecule has 0 aliphatic heterocycles. The highest BCUT2D eigenvalue weighted by atomic mass is 31.2. The Morgan fingerprint density at radius 2 is 1.23 bits per heavy atom. The van der Waals surface area contributed by atoms with Crippen LogP contribution in [0, 0.1) is 0 Å². The molecule has 0 bridgehead atoms. The van der Waals surface area contributed by atoms with Gasteiger partial charge < -0.3 is 9.05 Å². The van der Waals surface area contributed by atoms with Gasteiger partial charge in [-0.1, -0.05) is 97.9 Å². The smallest absolute Gasteiger partial charge is 0.311 e. The van der Waals surface area contributed by atoms with Crippen LogP contribution in [0.4, 0.5) is 0 Å². The minimum atomic E-state index is -3.49. The fourth-order valence-corrected chi connectivity index (χ4v) is 5.82. The predicted octanol–water partition coefficient (Wildman–Crippen LogP) is 6.20. The zero-order chi connectivity index (χ0) is 21.5. The molecule has 0 fully saturated rings. The van der Waals surface area contributed by atoms with Crippen molar-refractivity contribution < 1.29 is 13.6 Å². The first-order valence-corrected chi connectivity index (χ1v) is 11.7. The first-order valence-electron chi connectivity index (χ1n) is 10.2. The van der Waals surface area contributed by atoms with E-state index in [9.17, 15) is 4.57 Å². The summed E-state index contributed by atoms with van der Waals surface area (Å²) in [6.07, 6.45) is 1.08. The van der Waals surface area contributed by atoms with E-state index in [0.29, 0.717) is 12.8 Å². The molecule has 0 radical (unpaired) electrons. The predicted molar refractivity (Wildman–Crippen MR) is 123 cm³/mol. The fourth-order valence-electron chi connectivity index (χ4n) is 3.92. The van der Waals surface area contributed by atoms with Crippen molar-refractivity contribution in [3.63, 3.8) is 0 Å². The van der Waals surface area contributed by atoms with E-state index in [2.05, 4.69) is 29.6 Å². The third-order valence-electron chi connectivity index (χ3n) is 5.61. The monoisotopic (exact) mass is 423 g/mol. The highest BCUT2D eigenvalue weighted by Gasteiger charge is 2.50. The third kappa shape index (κ3) is 4.74. The molecule has 0 amide bonds. The molecule has 30 heavy (non-hydrogen) atoms. The lowest BCUT2D eigenvalue weighted by molar-refractivity contribution is 0.219. The summed E-state index contributed by atoms with van der Waals surface area (Å²) in [5.74, 6) is 0. The van der Waals surface area contributed by atoms with E-state index in [0.717, 1.165) is 16.7 Å². The van der Waals surface area contributed by atoms with Crippen LogP contribution in [0.15, 0.2) is 91.0 Å². The summed E-state index contributed by atoms with van der Waals surface area (Å²) in [7, 11) is -0.574. The quantitative estimate of drug-likeness (QED) is 0.394. The van der Waals surface area contributed by atoms with Gasteiger partial charge in [-0.25, -0.2) is 0 Å². The number of benzene rings is 3. The molecule has 0 saturated carbocycles. The Morgan fingerprint density at radius 1 is 0.800 bits per heavy atom. The van der Waals surface area contributed by atoms with Crippen molar-refractivity contribution in [2.75, 3.05) is 14.2 Å². The van der Waals surface area contributed by atoms with Crippen molar-refractivity contribution in [2.24, 2.45) is 0 Å². The Bertz CT molecular complexity index is 902. The van der Waals surface area contributed by atoms with Crippen molar-refractivity contribution in [3.8, 4) is 0 Å². The van der Waals surface area contributed by atoms with Crippen LogP contribution in [0.3, 0.4) is 0 Å². The van der Waals surface area contributed by atoms with Gasteiger partial charge in [0.05, 0.1) is 6.04 Å². The molecular formula is C25H30NO3P. The number of nitrogens with one attached hydrogen (secondary N) is 1. The average Bonchev–Trinajstić information content (AvgIpc) is 2.83. The van der Waals surface area contributed by atoms with Gasteiger partial charge in [0.25, 0.3) is 0 Å². The maximum absolute atomic E-state index is 13.9. The summed E-state index contributed by atoms with van der Waals surface area (Å²) in [6.45, 7) is 2.02. The van der Waals surface area contributed by atoms with E-state index in [1.165, 1.54) is 14.2 Å². The Hall–Kier alpha value is -2.23. The van der Waals surface area contributed by atoms with Gasteiger partial charge in [-0.05, 0) is 23.1 Å². The van der Waals surface area contributed by atoms with Gasteiger partial charge in [-0.15, -0.1) is 0 Å². The van der Waals surface area contributed by atoms with E-state index in [1.807, 2.05) is 73.7 Å². The molecule has 4 nitrogen and oxygen atoms in total. The Balaban J connectivity index is 2.12. The SMILES string of the molecule is CCC(Cc1ccccc1)(NC(c1ccccc1)c1ccccc1)P(=O)(OC)OC. The second-order valence-corrected chi connectivity index (χ2v) is 9.89. The van der Waals surface area contributed by atoms with E-state index in [4.69, 9.17) is 9.05 Å². The number of hydrogen-bond donors (Lipinski definition) is 1. The first kappa shape index (κ1) is 22.5. The van der Waals surface area contributed by atoms with Gasteiger partial charge >= 0.3 is 7.60 Å². The average molecular weight is 423 g/mol. The van der Waals surface area contributed by atoms with Gasteiger partial charge in [-0.2, -0.15) is 0 Å². The summed E-state index contributed by atoms with van der Waals surface area (Å²) in [5.41, 5.74) is 3.25. The molecule has 1 N–H and O–H groups in total. The molecule has 1 atom stereocenters. The van der Waals surface area contributed by atoms with Crippen molar-refractivity contribution in [1.82, 2.24) is 5.32 Å². The Morgan fingerprint density at radius 3 is 1.63 bits per heavy atom. The van der Waals surface area contributed by atoms with Gasteiger partial charge in [0.1, 0.15) is 5.28 Å². The van der Waals surface area contributed by atoms with E-state index < -0.39 is 12.9 Å². The normalized spacial score (nSPS) is 13.9. The molecule has 3 aromatic carbocycles. The van der Waals surface area contributed by atoms with Crippen LogP contribution < -0.4 is 5.32 Å². The third-order valence-corrected chi connectivity index (χ3v) is 8.22. The minimum Gasteiger partial charge on any atom is -0.311 e. The van der Waals surface area contributed by atoms with Crippen LogP contribution in [0.25, 0.3) is 0 Å². The second kappa shape index (κ2) is 10.2. The van der Waals surface area contributed by atoms with Crippen molar-refractivity contribution in [2.45, 2.75) is 31.1 Å². The van der Waals surface area contributed by atoms with Crippen molar-refractivity contribution in [1.29, 1.82) is 0 Å². The maximum atomic E-state index is 13.9. The van der Waals surface area contributed by atoms with E-state index in [-0.39, 0.29) is 6.04 Å². The van der Waals surface area contributed by atoms with Crippen LogP contribution in [0.5, 0.6) is 0 Å². The van der Waals surface area contributed by atoms with E-state index in [1.54, 1.807) is 0 Å². The molecule has 3 aromatic rings. The Labute approximate surface area is 179 Å². The topological polar surface area (TPSA) is 47.6 Å². The molecule has 0 aliphatic rings. The molecular weight excluding hydrogens is 393 g/mol. The number of rotatable bonds is 10. The standard InChI is InChI=1S/C25H30NO3P/c1-4-25(30(27,28-2)29-3,20-21-14-8-5-9-15-21)26-24(22-16-10-6-11-17-22)23-18-12-7-13-19-23/h5-19,24,26H,4,20H2,1-3H3. The second-order valence-electron chi connectivity index (χ2n) is 7.31. The lowest BCUT2D eigenvalue weighted by atomic mass is 9.95. The molecule has 0 spiro atoms. The largest absolute Gasteiger partial charge is 0.350 e. The van der Waals surface area contributed by atoms with Gasteiger partial charge in [0.15, 0.2) is 0 Å². The molecule has 5 heteroatoms. The summed E-state index contributed by atoms with van der Waals surface area (Å²) in [5, 5.41) is 2.82. The van der Waals surface area contributed by atoms with Crippen LogP contribution in [0.1, 0.15) is 36.1 Å². The zero-order valence-corrected chi connectivity index (χ0v) is 18.7. The molecule has 0 aromatic heterocycles. The summed E-state index contributed by atoms with van der Waals surface area (Å²) in [6, 6.07) is 30.3. The lowest BCUT2D eigenvalue weighted by Crippen LogP contribution is -2.49. The highest BCUT2D eigenvalue weighted by molar-refractivity contribution is 7.55. The van der Waals surface area contributed by atoms with Gasteiger partial charge in [0.2, 0.25) is 0 Å². The van der Waals surface area contributed by atoms with Gasteiger partial charge in [-0.3, -0.25) is 9.88 Å². The first-order chi connectivity index (χ1) is 14.6. The van der Waals surface area contributed by atoms with Crippen LogP contribution in [0.2, 0.25) is 0 Å². The zero-order valence-electron chi connectivity index (χ0n) is 17.8. The van der Waals surface area contributed by atoms with Crippen LogP contribution in [-0.4, -0.2) is 19.5 Å². The highest BCUT2D eigenvalue weighted by Crippen LogP contribution is 2.61. The Kier molecular flexibility index (Phi) is 7.63. The van der Waals surface area contributed by atoms with Crippen molar-refractivity contribution >= 4 is 7.60 Å². The summed E-state index contributed by atoms with van der Waals surface area (Å²) >= 11 is 0. The molecule has 0 heterocycles. The molecule has 3 rings (SSSR count). The van der Waals surface area contributed by atoms with Crippen molar-refractivity contribution in [3.05, 3.63) is 108 Å². The molecule has 0 aliphatic carbocycles. The summed E-state index contributed by atoms with van der Waals surface area (Å²) in [4.78, 5) is 0. The molecule has 158 valence electrons. The lowest BCUT2D eigenvalue weighted by Gasteiger charge is -2.41. The molecule has 0 saturated heterocycles. The fraction of sp³-hybridized carbons (Fsp3) is 0.280. The maximum Gasteiger partial charge on any atom is 0.350 e. The van der Waals surface area contributed by atoms with Crippen LogP contribution >= 0.6 is 7.60 Å². The van der Waals surface area contributed by atoms with Crippen LogP contribution in [-0.2, 0) is 20.0 Å². The van der Waals surface area contributed by atoms with Gasteiger partial charge in [0, 0.05) is 20.6 Å². The summed E-state index contributed by atoms with van der Waals surface area (Å²) < 4.78 is 25.0. The minimum absolute atomic E-state index is 0.172. The number of hydrogen-bond acceptors (Lipinski definition) is 4. The molecule has 1 unspecified atom stereocenters. The van der Waals surface area contributed by atoms with E-state index >= 15 is 0 Å².